The lowest BCUT2D eigenvalue weighted by molar-refractivity contribution is 1.16. The van der Waals surface area contributed by atoms with Gasteiger partial charge < -0.3 is 5.32 Å². The highest BCUT2D eigenvalue weighted by Gasteiger charge is 2.07. The SMILES string of the molecule is Cc1ccc(Nc2cc(Cl)nc(-c3cccnc3)n2)c(C)c1. The zero-order chi connectivity index (χ0) is 15.5. The Morgan fingerprint density at radius 1 is 1.05 bits per heavy atom. The zero-order valence-electron chi connectivity index (χ0n) is 12.3. The summed E-state index contributed by atoms with van der Waals surface area (Å²) in [4.78, 5) is 12.9. The summed E-state index contributed by atoms with van der Waals surface area (Å²) in [6.07, 6.45) is 3.43. The molecular weight excluding hydrogens is 296 g/mol. The molecular formula is C17H15ClN4. The molecule has 4 nitrogen and oxygen atoms in total. The van der Waals surface area contributed by atoms with Crippen molar-refractivity contribution < 1.29 is 0 Å². The number of pyridine rings is 1. The van der Waals surface area contributed by atoms with Crippen LogP contribution in [0.3, 0.4) is 0 Å². The largest absolute Gasteiger partial charge is 0.340 e. The Hall–Kier alpha value is -2.46. The molecule has 1 aromatic carbocycles. The average Bonchev–Trinajstić information content (AvgIpc) is 2.50. The van der Waals surface area contributed by atoms with Crippen molar-refractivity contribution >= 4 is 23.1 Å². The molecule has 0 bridgehead atoms. The molecule has 2 aromatic heterocycles. The van der Waals surface area contributed by atoms with Crippen LogP contribution in [0, 0.1) is 13.8 Å². The van der Waals surface area contributed by atoms with Crippen LogP contribution in [0.5, 0.6) is 0 Å². The van der Waals surface area contributed by atoms with Crippen molar-refractivity contribution in [2.75, 3.05) is 5.32 Å². The van der Waals surface area contributed by atoms with Gasteiger partial charge in [-0.1, -0.05) is 29.3 Å². The monoisotopic (exact) mass is 310 g/mol. The predicted molar refractivity (Wildman–Crippen MR) is 89.5 cm³/mol. The Morgan fingerprint density at radius 3 is 2.64 bits per heavy atom. The van der Waals surface area contributed by atoms with E-state index in [1.165, 1.54) is 5.56 Å². The van der Waals surface area contributed by atoms with Crippen molar-refractivity contribution in [1.82, 2.24) is 15.0 Å². The molecule has 0 amide bonds. The van der Waals surface area contributed by atoms with Gasteiger partial charge in [-0.3, -0.25) is 4.98 Å². The maximum Gasteiger partial charge on any atom is 0.164 e. The average molecular weight is 311 g/mol. The van der Waals surface area contributed by atoms with E-state index in [4.69, 9.17) is 11.6 Å². The van der Waals surface area contributed by atoms with Gasteiger partial charge in [-0.25, -0.2) is 9.97 Å². The first-order valence-electron chi connectivity index (χ1n) is 6.91. The molecule has 3 aromatic rings. The maximum absolute atomic E-state index is 6.12. The summed E-state index contributed by atoms with van der Waals surface area (Å²) in [6.45, 7) is 4.12. The molecule has 5 heteroatoms. The van der Waals surface area contributed by atoms with E-state index in [0.717, 1.165) is 16.8 Å². The van der Waals surface area contributed by atoms with E-state index in [1.807, 2.05) is 18.2 Å². The number of anilines is 2. The molecule has 0 saturated carbocycles. The van der Waals surface area contributed by atoms with Crippen molar-refractivity contribution in [2.45, 2.75) is 13.8 Å². The fourth-order valence-electron chi connectivity index (χ4n) is 2.20. The van der Waals surface area contributed by atoms with Gasteiger partial charge in [0.05, 0.1) is 0 Å². The van der Waals surface area contributed by atoms with E-state index < -0.39 is 0 Å². The first-order valence-corrected chi connectivity index (χ1v) is 7.29. The number of nitrogens with zero attached hydrogens (tertiary/aromatic N) is 3. The quantitative estimate of drug-likeness (QED) is 0.721. The number of aryl methyl sites for hydroxylation is 2. The summed E-state index contributed by atoms with van der Waals surface area (Å²) in [5, 5.41) is 3.68. The van der Waals surface area contributed by atoms with Gasteiger partial charge in [-0.15, -0.1) is 0 Å². The second kappa shape index (κ2) is 6.12. The van der Waals surface area contributed by atoms with E-state index >= 15 is 0 Å². The van der Waals surface area contributed by atoms with Crippen molar-refractivity contribution in [1.29, 1.82) is 0 Å². The molecule has 0 spiro atoms. The highest BCUT2D eigenvalue weighted by atomic mass is 35.5. The second-order valence-electron chi connectivity index (χ2n) is 5.08. The summed E-state index contributed by atoms with van der Waals surface area (Å²) in [5.41, 5.74) is 4.20. The van der Waals surface area contributed by atoms with Crippen LogP contribution in [-0.4, -0.2) is 15.0 Å². The molecule has 0 aliphatic rings. The van der Waals surface area contributed by atoms with Crippen molar-refractivity contribution in [3.8, 4) is 11.4 Å². The molecule has 0 atom stereocenters. The number of nitrogens with one attached hydrogen (secondary N) is 1. The minimum Gasteiger partial charge on any atom is -0.340 e. The molecule has 0 unspecified atom stereocenters. The third-order valence-corrected chi connectivity index (χ3v) is 3.45. The molecule has 0 radical (unpaired) electrons. The van der Waals surface area contributed by atoms with E-state index in [2.05, 4.69) is 46.2 Å². The van der Waals surface area contributed by atoms with Gasteiger partial charge >= 0.3 is 0 Å². The fourth-order valence-corrected chi connectivity index (χ4v) is 2.38. The zero-order valence-corrected chi connectivity index (χ0v) is 13.1. The molecule has 0 aliphatic heterocycles. The molecule has 3 rings (SSSR count). The van der Waals surface area contributed by atoms with Crippen LogP contribution in [0.4, 0.5) is 11.5 Å². The molecule has 1 N–H and O–H groups in total. The number of aromatic nitrogens is 3. The van der Waals surface area contributed by atoms with Gasteiger partial charge in [0.15, 0.2) is 5.82 Å². The van der Waals surface area contributed by atoms with E-state index in [1.54, 1.807) is 18.5 Å². The lowest BCUT2D eigenvalue weighted by Gasteiger charge is -2.11. The van der Waals surface area contributed by atoms with Crippen LogP contribution in [0.15, 0.2) is 48.8 Å². The first-order chi connectivity index (χ1) is 10.6. The van der Waals surface area contributed by atoms with Gasteiger partial charge in [0.2, 0.25) is 0 Å². The number of halogens is 1. The third-order valence-electron chi connectivity index (χ3n) is 3.26. The summed E-state index contributed by atoms with van der Waals surface area (Å²) in [7, 11) is 0. The minimum atomic E-state index is 0.390. The Morgan fingerprint density at radius 2 is 1.91 bits per heavy atom. The van der Waals surface area contributed by atoms with Gasteiger partial charge in [0.25, 0.3) is 0 Å². The summed E-state index contributed by atoms with van der Waals surface area (Å²) < 4.78 is 0. The smallest absolute Gasteiger partial charge is 0.164 e. The normalized spacial score (nSPS) is 10.5. The van der Waals surface area contributed by atoms with Gasteiger partial charge in [-0.05, 0) is 37.6 Å². The molecule has 0 fully saturated rings. The number of hydrogen-bond acceptors (Lipinski definition) is 4. The Labute approximate surface area is 134 Å². The predicted octanol–water partition coefficient (Wildman–Crippen LogP) is 4.55. The Kier molecular flexibility index (Phi) is 4.02. The van der Waals surface area contributed by atoms with E-state index in [0.29, 0.717) is 16.8 Å². The maximum atomic E-state index is 6.12. The lowest BCUT2D eigenvalue weighted by atomic mass is 10.1. The highest BCUT2D eigenvalue weighted by Crippen LogP contribution is 2.24. The van der Waals surface area contributed by atoms with Gasteiger partial charge in [-0.2, -0.15) is 0 Å². The first kappa shape index (κ1) is 14.5. The second-order valence-corrected chi connectivity index (χ2v) is 5.47. The van der Waals surface area contributed by atoms with Crippen molar-refractivity contribution in [3.05, 3.63) is 65.1 Å². The van der Waals surface area contributed by atoms with E-state index in [-0.39, 0.29) is 0 Å². The van der Waals surface area contributed by atoms with Crippen molar-refractivity contribution in [3.63, 3.8) is 0 Å². The highest BCUT2D eigenvalue weighted by molar-refractivity contribution is 6.29. The Balaban J connectivity index is 1.96. The lowest BCUT2D eigenvalue weighted by Crippen LogP contribution is -1.99. The standard InChI is InChI=1S/C17H15ClN4/c1-11-5-6-14(12(2)8-11)20-16-9-15(18)21-17(22-16)13-4-3-7-19-10-13/h3-10H,1-2H3,(H,20,21,22). The molecule has 22 heavy (non-hydrogen) atoms. The van der Waals surface area contributed by atoms with E-state index in [9.17, 15) is 0 Å². The number of hydrogen-bond donors (Lipinski definition) is 1. The van der Waals surface area contributed by atoms with Crippen LogP contribution >= 0.6 is 11.6 Å². The van der Waals surface area contributed by atoms with Crippen molar-refractivity contribution in [2.24, 2.45) is 0 Å². The van der Waals surface area contributed by atoms with Crippen LogP contribution in [0.25, 0.3) is 11.4 Å². The summed E-state index contributed by atoms with van der Waals surface area (Å²) in [5.74, 6) is 1.21. The molecule has 110 valence electrons. The Bertz CT molecular complexity index is 803. The number of benzene rings is 1. The van der Waals surface area contributed by atoms with Crippen LogP contribution in [0.2, 0.25) is 5.15 Å². The third kappa shape index (κ3) is 3.23. The fraction of sp³-hybridized carbons (Fsp3) is 0.118. The van der Waals surface area contributed by atoms with Gasteiger partial charge in [0, 0.05) is 29.7 Å². The summed E-state index contributed by atoms with van der Waals surface area (Å²) in [6, 6.07) is 11.7. The molecule has 2 heterocycles. The van der Waals surface area contributed by atoms with Gasteiger partial charge in [0.1, 0.15) is 11.0 Å². The minimum absolute atomic E-state index is 0.390. The summed E-state index contributed by atoms with van der Waals surface area (Å²) >= 11 is 6.12. The van der Waals surface area contributed by atoms with Crippen LogP contribution in [0.1, 0.15) is 11.1 Å². The molecule has 0 saturated heterocycles. The van der Waals surface area contributed by atoms with Crippen LogP contribution < -0.4 is 5.32 Å². The number of rotatable bonds is 3. The van der Waals surface area contributed by atoms with Crippen LogP contribution in [-0.2, 0) is 0 Å². The molecule has 0 aliphatic carbocycles. The topological polar surface area (TPSA) is 50.7 Å².